The van der Waals surface area contributed by atoms with Crippen molar-refractivity contribution in [1.82, 2.24) is 4.90 Å². The average molecular weight is 244 g/mol. The molecule has 1 amide bonds. The second-order valence-corrected chi connectivity index (χ2v) is 5.49. The Balaban J connectivity index is 4.68. The van der Waals surface area contributed by atoms with Crippen LogP contribution in [0.5, 0.6) is 0 Å². The van der Waals surface area contributed by atoms with E-state index in [1.165, 1.54) is 18.7 Å². The molecule has 100 valence electrons. The van der Waals surface area contributed by atoms with Crippen LogP contribution in [0.2, 0.25) is 0 Å². The Morgan fingerprint density at radius 2 is 1.71 bits per heavy atom. The number of carboxylic acids is 1. The number of aliphatic carboxylic acids is 1. The molecule has 0 heterocycles. The van der Waals surface area contributed by atoms with E-state index in [0.717, 1.165) is 0 Å². The van der Waals surface area contributed by atoms with Crippen molar-refractivity contribution in [2.24, 2.45) is 5.73 Å². The first-order valence-corrected chi connectivity index (χ1v) is 5.85. The molecule has 0 spiro atoms. The number of amides is 1. The van der Waals surface area contributed by atoms with Crippen LogP contribution in [0.25, 0.3) is 0 Å². The van der Waals surface area contributed by atoms with Crippen molar-refractivity contribution in [1.29, 1.82) is 0 Å². The summed E-state index contributed by atoms with van der Waals surface area (Å²) in [5.41, 5.74) is 4.22. The van der Waals surface area contributed by atoms with Crippen molar-refractivity contribution in [2.75, 3.05) is 6.54 Å². The van der Waals surface area contributed by atoms with Gasteiger partial charge in [0.1, 0.15) is 5.54 Å². The summed E-state index contributed by atoms with van der Waals surface area (Å²) in [6.45, 7) is 8.91. The zero-order valence-electron chi connectivity index (χ0n) is 11.4. The predicted molar refractivity (Wildman–Crippen MR) is 66.6 cm³/mol. The maximum Gasteiger partial charge on any atom is 0.329 e. The standard InChI is InChI=1S/C12H24N2O3/c1-6-14(12(4,5)10(16)17)9(15)7-8-11(2,3)13/h6-8,13H2,1-5H3,(H,16,17). The Hall–Kier alpha value is -1.10. The highest BCUT2D eigenvalue weighted by molar-refractivity contribution is 5.86. The summed E-state index contributed by atoms with van der Waals surface area (Å²) in [5.74, 6) is -1.17. The maximum atomic E-state index is 12.0. The number of hydrogen-bond acceptors (Lipinski definition) is 3. The Morgan fingerprint density at radius 3 is 2.00 bits per heavy atom. The van der Waals surface area contributed by atoms with Crippen LogP contribution in [-0.2, 0) is 9.59 Å². The van der Waals surface area contributed by atoms with Gasteiger partial charge in [0.2, 0.25) is 5.91 Å². The molecule has 0 aliphatic heterocycles. The van der Waals surface area contributed by atoms with Crippen molar-refractivity contribution < 1.29 is 14.7 Å². The molecule has 0 aliphatic rings. The van der Waals surface area contributed by atoms with Crippen LogP contribution in [0.1, 0.15) is 47.5 Å². The Bertz CT molecular complexity index is 293. The lowest BCUT2D eigenvalue weighted by Gasteiger charge is -2.35. The first-order chi connectivity index (χ1) is 7.52. The SMILES string of the molecule is CCN(C(=O)CCC(C)(C)N)C(C)(C)C(=O)O. The molecule has 0 saturated heterocycles. The molecule has 0 unspecified atom stereocenters. The zero-order chi connectivity index (χ0) is 13.9. The van der Waals surface area contributed by atoms with Crippen LogP contribution in [-0.4, -0.2) is 39.5 Å². The van der Waals surface area contributed by atoms with Crippen molar-refractivity contribution in [3.63, 3.8) is 0 Å². The van der Waals surface area contributed by atoms with Crippen molar-refractivity contribution in [3.8, 4) is 0 Å². The third-order valence-corrected chi connectivity index (χ3v) is 2.80. The van der Waals surface area contributed by atoms with Crippen LogP contribution in [0.3, 0.4) is 0 Å². The molecule has 0 rings (SSSR count). The van der Waals surface area contributed by atoms with E-state index in [2.05, 4.69) is 0 Å². The van der Waals surface area contributed by atoms with Crippen molar-refractivity contribution in [2.45, 2.75) is 58.5 Å². The number of likely N-dealkylation sites (N-methyl/N-ethyl adjacent to an activating group) is 1. The molecule has 0 aromatic carbocycles. The molecule has 0 atom stereocenters. The van der Waals surface area contributed by atoms with Gasteiger partial charge in [-0.3, -0.25) is 4.79 Å². The minimum Gasteiger partial charge on any atom is -0.480 e. The van der Waals surface area contributed by atoms with E-state index in [1.807, 2.05) is 13.8 Å². The summed E-state index contributed by atoms with van der Waals surface area (Å²) < 4.78 is 0. The van der Waals surface area contributed by atoms with Crippen LogP contribution >= 0.6 is 0 Å². The molecule has 0 saturated carbocycles. The summed E-state index contributed by atoms with van der Waals surface area (Å²) in [5, 5.41) is 9.10. The van der Waals surface area contributed by atoms with Gasteiger partial charge in [-0.05, 0) is 41.0 Å². The van der Waals surface area contributed by atoms with E-state index in [1.54, 1.807) is 6.92 Å². The number of carbonyl (C=O) groups excluding carboxylic acids is 1. The van der Waals surface area contributed by atoms with Gasteiger partial charge in [-0.15, -0.1) is 0 Å². The van der Waals surface area contributed by atoms with Gasteiger partial charge >= 0.3 is 5.97 Å². The van der Waals surface area contributed by atoms with Gasteiger partial charge in [0.15, 0.2) is 0 Å². The van der Waals surface area contributed by atoms with Gasteiger partial charge in [-0.2, -0.15) is 0 Å². The molecule has 0 aliphatic carbocycles. The fraction of sp³-hybridized carbons (Fsp3) is 0.833. The molecular weight excluding hydrogens is 220 g/mol. The fourth-order valence-electron chi connectivity index (χ4n) is 1.56. The summed E-state index contributed by atoms with van der Waals surface area (Å²) in [6.07, 6.45) is 0.812. The molecule has 0 radical (unpaired) electrons. The maximum absolute atomic E-state index is 12.0. The van der Waals surface area contributed by atoms with Gasteiger partial charge in [0.05, 0.1) is 0 Å². The molecule has 0 aromatic rings. The van der Waals surface area contributed by atoms with E-state index in [-0.39, 0.29) is 12.3 Å². The highest BCUT2D eigenvalue weighted by Crippen LogP contribution is 2.18. The quantitative estimate of drug-likeness (QED) is 0.735. The predicted octanol–water partition coefficient (Wildman–Crippen LogP) is 1.22. The molecular formula is C12H24N2O3. The van der Waals surface area contributed by atoms with E-state index in [4.69, 9.17) is 10.8 Å². The van der Waals surface area contributed by atoms with Crippen LogP contribution in [0.15, 0.2) is 0 Å². The lowest BCUT2D eigenvalue weighted by atomic mass is 9.97. The van der Waals surface area contributed by atoms with Crippen LogP contribution in [0.4, 0.5) is 0 Å². The normalized spacial score (nSPS) is 12.4. The third-order valence-electron chi connectivity index (χ3n) is 2.80. The largest absolute Gasteiger partial charge is 0.480 e. The minimum absolute atomic E-state index is 0.168. The Kier molecular flexibility index (Phi) is 5.13. The molecule has 0 bridgehead atoms. The van der Waals surface area contributed by atoms with E-state index in [9.17, 15) is 9.59 Å². The topological polar surface area (TPSA) is 83.6 Å². The molecule has 5 heteroatoms. The number of nitrogens with zero attached hydrogens (tertiary/aromatic N) is 1. The van der Waals surface area contributed by atoms with E-state index in [0.29, 0.717) is 13.0 Å². The molecule has 3 N–H and O–H groups in total. The molecule has 17 heavy (non-hydrogen) atoms. The lowest BCUT2D eigenvalue weighted by molar-refractivity contribution is -0.156. The summed E-state index contributed by atoms with van der Waals surface area (Å²) in [6, 6.07) is 0. The van der Waals surface area contributed by atoms with Gasteiger partial charge in [0, 0.05) is 18.5 Å². The number of carboxylic acid groups (broad SMARTS) is 1. The first kappa shape index (κ1) is 15.9. The second-order valence-electron chi connectivity index (χ2n) is 5.49. The fourth-order valence-corrected chi connectivity index (χ4v) is 1.56. The average Bonchev–Trinajstić information content (AvgIpc) is 2.14. The van der Waals surface area contributed by atoms with Crippen molar-refractivity contribution >= 4 is 11.9 Å². The van der Waals surface area contributed by atoms with Gasteiger partial charge in [-0.1, -0.05) is 0 Å². The van der Waals surface area contributed by atoms with E-state index >= 15 is 0 Å². The molecule has 5 nitrogen and oxygen atoms in total. The lowest BCUT2D eigenvalue weighted by Crippen LogP contribution is -2.53. The monoisotopic (exact) mass is 244 g/mol. The molecule has 0 aromatic heterocycles. The smallest absolute Gasteiger partial charge is 0.329 e. The van der Waals surface area contributed by atoms with Gasteiger partial charge < -0.3 is 15.7 Å². The number of nitrogens with two attached hydrogens (primary N) is 1. The number of rotatable bonds is 6. The Morgan fingerprint density at radius 1 is 1.24 bits per heavy atom. The highest BCUT2D eigenvalue weighted by atomic mass is 16.4. The first-order valence-electron chi connectivity index (χ1n) is 5.85. The Labute approximate surface area is 103 Å². The second kappa shape index (κ2) is 5.49. The van der Waals surface area contributed by atoms with Gasteiger partial charge in [-0.25, -0.2) is 4.79 Å². The van der Waals surface area contributed by atoms with Gasteiger partial charge in [0.25, 0.3) is 0 Å². The highest BCUT2D eigenvalue weighted by Gasteiger charge is 2.36. The number of hydrogen-bond donors (Lipinski definition) is 2. The van der Waals surface area contributed by atoms with Crippen LogP contribution in [0, 0.1) is 0 Å². The van der Waals surface area contributed by atoms with Crippen LogP contribution < -0.4 is 5.73 Å². The van der Waals surface area contributed by atoms with E-state index < -0.39 is 17.0 Å². The zero-order valence-corrected chi connectivity index (χ0v) is 11.4. The minimum atomic E-state index is -1.18. The van der Waals surface area contributed by atoms with Crippen molar-refractivity contribution in [3.05, 3.63) is 0 Å². The third kappa shape index (κ3) is 4.73. The molecule has 0 fully saturated rings. The number of carbonyl (C=O) groups is 2. The summed E-state index contributed by atoms with van der Waals surface area (Å²) >= 11 is 0. The summed E-state index contributed by atoms with van der Waals surface area (Å²) in [4.78, 5) is 24.5. The summed E-state index contributed by atoms with van der Waals surface area (Å²) in [7, 11) is 0.